The molecule has 0 aromatic carbocycles. The van der Waals surface area contributed by atoms with Crippen molar-refractivity contribution in [2.24, 2.45) is 11.8 Å². The Hall–Kier alpha value is -0.120. The molecule has 3 rings (SSSR count). The maximum Gasteiger partial charge on any atom is 0.0710 e. The summed E-state index contributed by atoms with van der Waals surface area (Å²) >= 11 is 0. The molecule has 1 aliphatic carbocycles. The summed E-state index contributed by atoms with van der Waals surface area (Å²) in [5, 5.41) is 3.74. The molecule has 4 unspecified atom stereocenters. The van der Waals surface area contributed by atoms with E-state index in [1.165, 1.54) is 45.3 Å². The fourth-order valence-electron chi connectivity index (χ4n) is 3.94. The second-order valence-corrected chi connectivity index (χ2v) is 5.78. The van der Waals surface area contributed by atoms with Crippen LogP contribution >= 0.6 is 0 Å². The van der Waals surface area contributed by atoms with Gasteiger partial charge in [0.15, 0.2) is 0 Å². The molecule has 1 N–H and O–H groups in total. The molecule has 2 saturated heterocycles. The van der Waals surface area contributed by atoms with Gasteiger partial charge in [-0.15, -0.1) is 0 Å². The Morgan fingerprint density at radius 3 is 3.06 bits per heavy atom. The van der Waals surface area contributed by atoms with Crippen molar-refractivity contribution in [2.75, 3.05) is 33.3 Å². The van der Waals surface area contributed by atoms with Gasteiger partial charge in [-0.05, 0) is 37.6 Å². The molecular formula is C13H24N2O. The lowest BCUT2D eigenvalue weighted by Gasteiger charge is -2.24. The number of nitrogens with zero attached hydrogens (tertiary/aromatic N) is 1. The van der Waals surface area contributed by atoms with Crippen molar-refractivity contribution in [3.05, 3.63) is 0 Å². The van der Waals surface area contributed by atoms with E-state index in [4.69, 9.17) is 4.74 Å². The number of rotatable bonds is 3. The van der Waals surface area contributed by atoms with Gasteiger partial charge in [0.1, 0.15) is 0 Å². The van der Waals surface area contributed by atoms with E-state index < -0.39 is 0 Å². The highest BCUT2D eigenvalue weighted by molar-refractivity contribution is 4.96. The molecule has 3 nitrogen and oxygen atoms in total. The Morgan fingerprint density at radius 2 is 2.25 bits per heavy atom. The Kier molecular flexibility index (Phi) is 3.18. The zero-order chi connectivity index (χ0) is 11.0. The maximum absolute atomic E-state index is 5.43. The summed E-state index contributed by atoms with van der Waals surface area (Å²) in [6, 6.07) is 0.767. The van der Waals surface area contributed by atoms with E-state index >= 15 is 0 Å². The van der Waals surface area contributed by atoms with Crippen molar-refractivity contribution < 1.29 is 4.74 Å². The number of hydrogen-bond acceptors (Lipinski definition) is 3. The second kappa shape index (κ2) is 4.63. The van der Waals surface area contributed by atoms with Crippen molar-refractivity contribution in [3.8, 4) is 0 Å². The number of nitrogens with one attached hydrogen (secondary N) is 1. The minimum absolute atomic E-state index is 0.487. The molecule has 4 atom stereocenters. The second-order valence-electron chi connectivity index (χ2n) is 5.78. The highest BCUT2D eigenvalue weighted by Crippen LogP contribution is 2.38. The van der Waals surface area contributed by atoms with Gasteiger partial charge in [0.2, 0.25) is 0 Å². The molecular weight excluding hydrogens is 200 g/mol. The van der Waals surface area contributed by atoms with Gasteiger partial charge < -0.3 is 10.1 Å². The summed E-state index contributed by atoms with van der Waals surface area (Å²) in [7, 11) is 1.84. The predicted molar refractivity (Wildman–Crippen MR) is 64.5 cm³/mol. The van der Waals surface area contributed by atoms with Gasteiger partial charge in [-0.2, -0.15) is 0 Å². The summed E-state index contributed by atoms with van der Waals surface area (Å²) in [4.78, 5) is 2.59. The van der Waals surface area contributed by atoms with E-state index in [2.05, 4.69) is 10.2 Å². The molecule has 0 aromatic rings. The molecule has 92 valence electrons. The first kappa shape index (κ1) is 11.0. The largest absolute Gasteiger partial charge is 0.380 e. The lowest BCUT2D eigenvalue weighted by Crippen LogP contribution is -2.40. The average molecular weight is 224 g/mol. The van der Waals surface area contributed by atoms with E-state index in [1.807, 2.05) is 7.11 Å². The summed E-state index contributed by atoms with van der Waals surface area (Å²) < 4.78 is 5.43. The molecule has 0 aromatic heterocycles. The van der Waals surface area contributed by atoms with Crippen LogP contribution in [0.1, 0.15) is 25.7 Å². The number of likely N-dealkylation sites (tertiary alicyclic amines) is 1. The molecule has 0 bridgehead atoms. The Labute approximate surface area is 98.5 Å². The first-order valence-corrected chi connectivity index (χ1v) is 6.85. The smallest absolute Gasteiger partial charge is 0.0710 e. The van der Waals surface area contributed by atoms with E-state index in [0.29, 0.717) is 6.10 Å². The van der Waals surface area contributed by atoms with Crippen LogP contribution in [0.2, 0.25) is 0 Å². The molecule has 0 spiro atoms. The molecule has 3 fully saturated rings. The normalized spacial score (nSPS) is 44.1. The Bertz CT molecular complexity index is 246. The van der Waals surface area contributed by atoms with Gasteiger partial charge in [0, 0.05) is 32.8 Å². The topological polar surface area (TPSA) is 24.5 Å². The lowest BCUT2D eigenvalue weighted by atomic mass is 9.94. The number of ether oxygens (including phenoxy) is 1. The SMILES string of the molecule is COC1CCN(CC2NCC3CCCC32)C1. The third-order valence-electron chi connectivity index (χ3n) is 4.89. The quantitative estimate of drug-likeness (QED) is 0.777. The number of methoxy groups -OCH3 is 1. The van der Waals surface area contributed by atoms with Crippen molar-refractivity contribution in [1.82, 2.24) is 10.2 Å². The minimum atomic E-state index is 0.487. The maximum atomic E-state index is 5.43. The molecule has 16 heavy (non-hydrogen) atoms. The van der Waals surface area contributed by atoms with Crippen LogP contribution in [0.4, 0.5) is 0 Å². The van der Waals surface area contributed by atoms with Crippen molar-refractivity contribution in [2.45, 2.75) is 37.8 Å². The summed E-state index contributed by atoms with van der Waals surface area (Å²) in [6.07, 6.45) is 6.10. The van der Waals surface area contributed by atoms with E-state index in [1.54, 1.807) is 0 Å². The molecule has 0 amide bonds. The van der Waals surface area contributed by atoms with Crippen LogP contribution in [0.3, 0.4) is 0 Å². The average Bonchev–Trinajstić information content (AvgIpc) is 2.97. The number of fused-ring (bicyclic) bond motifs is 1. The summed E-state index contributed by atoms with van der Waals surface area (Å²) in [5.74, 6) is 1.97. The van der Waals surface area contributed by atoms with Crippen LogP contribution in [0.25, 0.3) is 0 Å². The standard InChI is InChI=1S/C13H24N2O/c1-16-11-5-6-15(8-11)9-13-12-4-2-3-10(12)7-14-13/h10-14H,2-9H2,1H3. The highest BCUT2D eigenvalue weighted by Gasteiger charge is 2.40. The molecule has 3 aliphatic rings. The number of hydrogen-bond donors (Lipinski definition) is 1. The zero-order valence-corrected chi connectivity index (χ0v) is 10.3. The monoisotopic (exact) mass is 224 g/mol. The van der Waals surface area contributed by atoms with Gasteiger partial charge in [0.25, 0.3) is 0 Å². The van der Waals surface area contributed by atoms with Crippen LogP contribution in [-0.4, -0.2) is 50.3 Å². The van der Waals surface area contributed by atoms with Crippen LogP contribution in [0.15, 0.2) is 0 Å². The first-order chi connectivity index (χ1) is 7.86. The third kappa shape index (κ3) is 2.01. The molecule has 3 heteroatoms. The highest BCUT2D eigenvalue weighted by atomic mass is 16.5. The predicted octanol–water partition coefficient (Wildman–Crippen LogP) is 1.10. The van der Waals surface area contributed by atoms with Gasteiger partial charge in [-0.3, -0.25) is 4.90 Å². The van der Waals surface area contributed by atoms with Crippen molar-refractivity contribution in [3.63, 3.8) is 0 Å². The van der Waals surface area contributed by atoms with Crippen LogP contribution in [0, 0.1) is 11.8 Å². The Balaban J connectivity index is 1.52. The summed E-state index contributed by atoms with van der Waals surface area (Å²) in [6.45, 7) is 4.90. The van der Waals surface area contributed by atoms with Gasteiger partial charge in [0.05, 0.1) is 6.10 Å². The fraction of sp³-hybridized carbons (Fsp3) is 1.00. The van der Waals surface area contributed by atoms with Crippen molar-refractivity contribution >= 4 is 0 Å². The van der Waals surface area contributed by atoms with Gasteiger partial charge >= 0.3 is 0 Å². The van der Waals surface area contributed by atoms with Gasteiger partial charge in [-0.25, -0.2) is 0 Å². The molecule has 0 radical (unpaired) electrons. The Morgan fingerprint density at radius 1 is 1.31 bits per heavy atom. The van der Waals surface area contributed by atoms with Crippen LogP contribution in [0.5, 0.6) is 0 Å². The van der Waals surface area contributed by atoms with E-state index in [-0.39, 0.29) is 0 Å². The third-order valence-corrected chi connectivity index (χ3v) is 4.89. The molecule has 2 aliphatic heterocycles. The van der Waals surface area contributed by atoms with Crippen LogP contribution in [-0.2, 0) is 4.74 Å². The van der Waals surface area contributed by atoms with E-state index in [0.717, 1.165) is 24.4 Å². The fourth-order valence-corrected chi connectivity index (χ4v) is 3.94. The van der Waals surface area contributed by atoms with E-state index in [9.17, 15) is 0 Å². The summed E-state index contributed by atoms with van der Waals surface area (Å²) in [5.41, 5.74) is 0. The van der Waals surface area contributed by atoms with Gasteiger partial charge in [-0.1, -0.05) is 6.42 Å². The molecule has 2 heterocycles. The first-order valence-electron chi connectivity index (χ1n) is 6.85. The minimum Gasteiger partial charge on any atom is -0.380 e. The lowest BCUT2D eigenvalue weighted by molar-refractivity contribution is 0.106. The van der Waals surface area contributed by atoms with Crippen molar-refractivity contribution in [1.29, 1.82) is 0 Å². The van der Waals surface area contributed by atoms with Crippen LogP contribution < -0.4 is 5.32 Å². The zero-order valence-electron chi connectivity index (χ0n) is 10.3. The molecule has 1 saturated carbocycles.